The molecule has 3 rings (SSSR count). The van der Waals surface area contributed by atoms with Gasteiger partial charge in [-0.3, -0.25) is 4.79 Å². The van der Waals surface area contributed by atoms with Crippen molar-refractivity contribution in [2.75, 3.05) is 0 Å². The van der Waals surface area contributed by atoms with Gasteiger partial charge in [0.2, 0.25) is 0 Å². The predicted molar refractivity (Wildman–Crippen MR) is 86.2 cm³/mol. The standard InChI is InChI=1S/C16H18N2O2.C2H2/c19-16(17-13-9-5-2-6-10-13)14-11-15(20-18-14)12-7-3-1-4-8-12;1-2/h1,3-4,7-8,11,13H,2,5-6,9-10H2,(H,17,19);1-2H. The molecule has 1 aliphatic rings. The maximum Gasteiger partial charge on any atom is 0.273 e. The van der Waals surface area contributed by atoms with Crippen molar-refractivity contribution in [1.82, 2.24) is 10.5 Å². The van der Waals surface area contributed by atoms with Crippen LogP contribution in [0.2, 0.25) is 0 Å². The van der Waals surface area contributed by atoms with E-state index in [-0.39, 0.29) is 11.9 Å². The summed E-state index contributed by atoms with van der Waals surface area (Å²) in [5.41, 5.74) is 1.28. The van der Waals surface area contributed by atoms with E-state index in [4.69, 9.17) is 4.52 Å². The molecule has 1 amide bonds. The van der Waals surface area contributed by atoms with Crippen LogP contribution < -0.4 is 5.32 Å². The van der Waals surface area contributed by atoms with Crippen LogP contribution in [0, 0.1) is 12.8 Å². The van der Waals surface area contributed by atoms with E-state index in [0.29, 0.717) is 11.5 Å². The number of rotatable bonds is 3. The zero-order valence-corrected chi connectivity index (χ0v) is 12.5. The van der Waals surface area contributed by atoms with Crippen molar-refractivity contribution >= 4 is 5.91 Å². The highest BCUT2D eigenvalue weighted by Gasteiger charge is 2.19. The van der Waals surface area contributed by atoms with Gasteiger partial charge in [-0.15, -0.1) is 12.8 Å². The Morgan fingerprint density at radius 1 is 1.14 bits per heavy atom. The van der Waals surface area contributed by atoms with Crippen LogP contribution in [0.15, 0.2) is 40.9 Å². The van der Waals surface area contributed by atoms with Crippen LogP contribution in [-0.4, -0.2) is 17.1 Å². The monoisotopic (exact) mass is 296 g/mol. The van der Waals surface area contributed by atoms with E-state index in [1.165, 1.54) is 19.3 Å². The lowest BCUT2D eigenvalue weighted by molar-refractivity contribution is 0.0918. The fourth-order valence-electron chi connectivity index (χ4n) is 2.63. The second-order valence-corrected chi connectivity index (χ2v) is 5.25. The third-order valence-corrected chi connectivity index (χ3v) is 3.74. The fourth-order valence-corrected chi connectivity index (χ4v) is 2.63. The molecule has 1 heterocycles. The second kappa shape index (κ2) is 8.04. The molecule has 0 atom stereocenters. The quantitative estimate of drug-likeness (QED) is 0.880. The minimum atomic E-state index is -0.136. The van der Waals surface area contributed by atoms with Gasteiger partial charge >= 0.3 is 0 Å². The molecule has 2 aromatic rings. The van der Waals surface area contributed by atoms with Gasteiger partial charge in [-0.1, -0.05) is 54.8 Å². The molecule has 0 radical (unpaired) electrons. The number of carbonyl (C=O) groups excluding carboxylic acids is 1. The van der Waals surface area contributed by atoms with Crippen molar-refractivity contribution in [3.8, 4) is 24.2 Å². The minimum Gasteiger partial charge on any atom is -0.355 e. The molecule has 4 nitrogen and oxygen atoms in total. The smallest absolute Gasteiger partial charge is 0.273 e. The number of benzene rings is 1. The topological polar surface area (TPSA) is 55.1 Å². The lowest BCUT2D eigenvalue weighted by Crippen LogP contribution is -2.36. The van der Waals surface area contributed by atoms with E-state index in [1.807, 2.05) is 30.3 Å². The van der Waals surface area contributed by atoms with Gasteiger partial charge in [-0.25, -0.2) is 0 Å². The first kappa shape index (κ1) is 15.8. The molecule has 0 unspecified atom stereocenters. The second-order valence-electron chi connectivity index (χ2n) is 5.25. The highest BCUT2D eigenvalue weighted by molar-refractivity contribution is 5.93. The SMILES string of the molecule is C#C.O=C(NC1CCCCC1)c1cc(-c2ccccc2)on1. The lowest BCUT2D eigenvalue weighted by Gasteiger charge is -2.22. The molecule has 4 heteroatoms. The Labute approximate surface area is 130 Å². The van der Waals surface area contributed by atoms with Crippen LogP contribution in [0.4, 0.5) is 0 Å². The summed E-state index contributed by atoms with van der Waals surface area (Å²) in [6, 6.07) is 11.7. The van der Waals surface area contributed by atoms with Crippen LogP contribution in [0.1, 0.15) is 42.6 Å². The first-order valence-electron chi connectivity index (χ1n) is 7.49. The largest absolute Gasteiger partial charge is 0.355 e. The Kier molecular flexibility index (Phi) is 5.79. The number of carbonyl (C=O) groups is 1. The van der Waals surface area contributed by atoms with Gasteiger partial charge in [0.25, 0.3) is 5.91 Å². The number of aromatic nitrogens is 1. The number of nitrogens with zero attached hydrogens (tertiary/aromatic N) is 1. The minimum absolute atomic E-state index is 0.136. The molecule has 0 bridgehead atoms. The van der Waals surface area contributed by atoms with Gasteiger partial charge in [0.15, 0.2) is 11.5 Å². The van der Waals surface area contributed by atoms with Gasteiger partial charge < -0.3 is 9.84 Å². The Morgan fingerprint density at radius 3 is 2.50 bits per heavy atom. The van der Waals surface area contributed by atoms with E-state index in [9.17, 15) is 4.79 Å². The highest BCUT2D eigenvalue weighted by atomic mass is 16.5. The van der Waals surface area contributed by atoms with Crippen LogP contribution in [-0.2, 0) is 0 Å². The summed E-state index contributed by atoms with van der Waals surface area (Å²) in [7, 11) is 0. The number of terminal acetylenes is 1. The summed E-state index contributed by atoms with van der Waals surface area (Å²) in [4.78, 5) is 12.1. The van der Waals surface area contributed by atoms with Crippen molar-refractivity contribution in [2.45, 2.75) is 38.1 Å². The Balaban J connectivity index is 0.000000847. The number of nitrogens with one attached hydrogen (secondary N) is 1. The molecule has 1 aliphatic carbocycles. The van der Waals surface area contributed by atoms with Crippen LogP contribution in [0.25, 0.3) is 11.3 Å². The van der Waals surface area contributed by atoms with Crippen molar-refractivity contribution < 1.29 is 9.32 Å². The van der Waals surface area contributed by atoms with Crippen molar-refractivity contribution in [3.63, 3.8) is 0 Å². The van der Waals surface area contributed by atoms with Gasteiger partial charge in [0.05, 0.1) is 0 Å². The predicted octanol–water partition coefficient (Wildman–Crippen LogP) is 3.65. The van der Waals surface area contributed by atoms with E-state index in [0.717, 1.165) is 18.4 Å². The highest BCUT2D eigenvalue weighted by Crippen LogP contribution is 2.21. The molecule has 114 valence electrons. The molecule has 0 spiro atoms. The van der Waals surface area contributed by atoms with Crippen molar-refractivity contribution in [1.29, 1.82) is 0 Å². The van der Waals surface area contributed by atoms with E-state index in [1.54, 1.807) is 6.07 Å². The van der Waals surface area contributed by atoms with Gasteiger partial charge in [-0.05, 0) is 12.8 Å². The third-order valence-electron chi connectivity index (χ3n) is 3.74. The van der Waals surface area contributed by atoms with Gasteiger partial charge in [0.1, 0.15) is 0 Å². The number of hydrogen-bond acceptors (Lipinski definition) is 3. The number of hydrogen-bond donors (Lipinski definition) is 1. The Hall–Kier alpha value is -2.54. The molecular formula is C18H20N2O2. The van der Waals surface area contributed by atoms with Gasteiger partial charge in [0, 0.05) is 17.7 Å². The lowest BCUT2D eigenvalue weighted by atomic mass is 9.95. The average molecular weight is 296 g/mol. The Bertz CT molecular complexity index is 610. The summed E-state index contributed by atoms with van der Waals surface area (Å²) < 4.78 is 5.25. The number of amides is 1. The molecule has 1 N–H and O–H groups in total. The summed E-state index contributed by atoms with van der Waals surface area (Å²) in [5.74, 6) is 0.488. The molecular weight excluding hydrogens is 276 g/mol. The molecule has 0 aliphatic heterocycles. The first-order valence-corrected chi connectivity index (χ1v) is 7.49. The third kappa shape index (κ3) is 3.98. The normalized spacial score (nSPS) is 14.6. The van der Waals surface area contributed by atoms with E-state index < -0.39 is 0 Å². The summed E-state index contributed by atoms with van der Waals surface area (Å²) in [6.07, 6.45) is 13.8. The van der Waals surface area contributed by atoms with Crippen molar-refractivity contribution in [2.24, 2.45) is 0 Å². The summed E-state index contributed by atoms with van der Waals surface area (Å²) in [6.45, 7) is 0. The van der Waals surface area contributed by atoms with Gasteiger partial charge in [-0.2, -0.15) is 0 Å². The summed E-state index contributed by atoms with van der Waals surface area (Å²) in [5, 5.41) is 6.91. The maximum absolute atomic E-state index is 12.1. The summed E-state index contributed by atoms with van der Waals surface area (Å²) >= 11 is 0. The molecule has 22 heavy (non-hydrogen) atoms. The molecule has 0 saturated heterocycles. The molecule has 1 saturated carbocycles. The zero-order valence-electron chi connectivity index (χ0n) is 12.5. The first-order chi connectivity index (χ1) is 10.8. The van der Waals surface area contributed by atoms with Crippen molar-refractivity contribution in [3.05, 3.63) is 42.1 Å². The Morgan fingerprint density at radius 2 is 1.82 bits per heavy atom. The molecule has 1 aromatic heterocycles. The maximum atomic E-state index is 12.1. The molecule has 1 aromatic carbocycles. The fraction of sp³-hybridized carbons (Fsp3) is 0.333. The van der Waals surface area contributed by atoms with Crippen LogP contribution >= 0.6 is 0 Å². The zero-order chi connectivity index (χ0) is 15.8. The van der Waals surface area contributed by atoms with Crippen LogP contribution in [0.3, 0.4) is 0 Å². The van der Waals surface area contributed by atoms with E-state index in [2.05, 4.69) is 23.3 Å². The molecule has 1 fully saturated rings. The van der Waals surface area contributed by atoms with Crippen LogP contribution in [0.5, 0.6) is 0 Å². The van der Waals surface area contributed by atoms with E-state index >= 15 is 0 Å². The average Bonchev–Trinajstić information content (AvgIpc) is 3.09.